The smallest absolute Gasteiger partial charge is 0.341 e. The standard InChI is InChI=1S/C22H24N2O7S2/c1-2-30-22(27)18-15-8-10-33(28,29)12-17(15)32-21(18)24-19(25)13-5-3-6-14(11-13)23-20(26)16-7-4-9-31-16/h3,5-6,11,16H,2,4,7-10,12H2,1H3,(H,23,26)(H,24,25). The Morgan fingerprint density at radius 2 is 2.06 bits per heavy atom. The number of sulfone groups is 1. The molecule has 33 heavy (non-hydrogen) atoms. The van der Waals surface area contributed by atoms with Gasteiger partial charge in [0.2, 0.25) is 0 Å². The van der Waals surface area contributed by atoms with E-state index in [0.717, 1.165) is 17.8 Å². The molecule has 0 aliphatic carbocycles. The van der Waals surface area contributed by atoms with Gasteiger partial charge in [0.15, 0.2) is 9.84 Å². The largest absolute Gasteiger partial charge is 0.462 e. The summed E-state index contributed by atoms with van der Waals surface area (Å²) in [5.41, 5.74) is 1.54. The Labute approximate surface area is 195 Å². The number of anilines is 2. The van der Waals surface area contributed by atoms with Gasteiger partial charge in [-0.3, -0.25) is 9.59 Å². The zero-order chi connectivity index (χ0) is 23.6. The molecule has 0 radical (unpaired) electrons. The van der Waals surface area contributed by atoms with E-state index in [2.05, 4.69) is 10.6 Å². The molecule has 0 saturated carbocycles. The molecule has 2 aliphatic rings. The van der Waals surface area contributed by atoms with Gasteiger partial charge in [-0.1, -0.05) is 6.07 Å². The first-order chi connectivity index (χ1) is 15.8. The third-order valence-electron chi connectivity index (χ3n) is 5.43. The van der Waals surface area contributed by atoms with Crippen molar-refractivity contribution in [2.24, 2.45) is 0 Å². The fraction of sp³-hybridized carbons (Fsp3) is 0.409. The average molecular weight is 493 g/mol. The van der Waals surface area contributed by atoms with E-state index in [4.69, 9.17) is 9.47 Å². The number of carbonyl (C=O) groups excluding carboxylic acids is 3. The zero-order valence-electron chi connectivity index (χ0n) is 18.0. The summed E-state index contributed by atoms with van der Waals surface area (Å²) in [5.74, 6) is -1.57. The minimum absolute atomic E-state index is 0.0526. The van der Waals surface area contributed by atoms with Crippen LogP contribution >= 0.6 is 11.3 Å². The molecule has 2 N–H and O–H groups in total. The summed E-state index contributed by atoms with van der Waals surface area (Å²) in [7, 11) is -3.25. The molecule has 2 aromatic rings. The van der Waals surface area contributed by atoms with Gasteiger partial charge < -0.3 is 20.1 Å². The fourth-order valence-electron chi connectivity index (χ4n) is 3.85. The molecule has 4 rings (SSSR count). The highest BCUT2D eigenvalue weighted by atomic mass is 32.2. The minimum Gasteiger partial charge on any atom is -0.462 e. The van der Waals surface area contributed by atoms with E-state index in [1.807, 2.05) is 0 Å². The van der Waals surface area contributed by atoms with Crippen LogP contribution < -0.4 is 10.6 Å². The number of hydrogen-bond donors (Lipinski definition) is 2. The Morgan fingerprint density at radius 3 is 2.79 bits per heavy atom. The summed E-state index contributed by atoms with van der Waals surface area (Å²) < 4.78 is 34.6. The van der Waals surface area contributed by atoms with E-state index in [-0.39, 0.29) is 46.6 Å². The van der Waals surface area contributed by atoms with E-state index < -0.39 is 27.8 Å². The van der Waals surface area contributed by atoms with Crippen LogP contribution in [0, 0.1) is 0 Å². The van der Waals surface area contributed by atoms with Crippen LogP contribution in [-0.2, 0) is 36.3 Å². The second kappa shape index (κ2) is 9.62. The molecule has 2 aliphatic heterocycles. The summed E-state index contributed by atoms with van der Waals surface area (Å²) in [4.78, 5) is 38.4. The molecule has 9 nitrogen and oxygen atoms in total. The van der Waals surface area contributed by atoms with Crippen molar-refractivity contribution in [3.05, 3.63) is 45.8 Å². The molecule has 3 heterocycles. The number of fused-ring (bicyclic) bond motifs is 1. The normalized spacial score (nSPS) is 18.9. The van der Waals surface area contributed by atoms with E-state index in [1.54, 1.807) is 25.1 Å². The number of benzene rings is 1. The first-order valence-electron chi connectivity index (χ1n) is 10.6. The molecule has 1 aromatic carbocycles. The number of esters is 1. The van der Waals surface area contributed by atoms with Gasteiger partial charge in [-0.05, 0) is 49.9 Å². The van der Waals surface area contributed by atoms with Gasteiger partial charge >= 0.3 is 5.97 Å². The molecule has 1 fully saturated rings. The number of amides is 2. The van der Waals surface area contributed by atoms with Gasteiger partial charge in [0.05, 0.1) is 23.7 Å². The monoisotopic (exact) mass is 492 g/mol. The van der Waals surface area contributed by atoms with Crippen LogP contribution in [-0.4, -0.2) is 51.3 Å². The Balaban J connectivity index is 1.56. The second-order valence-electron chi connectivity index (χ2n) is 7.80. The lowest BCUT2D eigenvalue weighted by molar-refractivity contribution is -0.124. The molecule has 1 saturated heterocycles. The van der Waals surface area contributed by atoms with Gasteiger partial charge in [-0.25, -0.2) is 13.2 Å². The number of carbonyl (C=O) groups is 3. The molecule has 176 valence electrons. The summed E-state index contributed by atoms with van der Waals surface area (Å²) in [6.07, 6.45) is 1.18. The van der Waals surface area contributed by atoms with Gasteiger partial charge in [0, 0.05) is 22.7 Å². The highest BCUT2D eigenvalue weighted by Crippen LogP contribution is 2.38. The lowest BCUT2D eigenvalue weighted by atomic mass is 10.1. The molecular weight excluding hydrogens is 468 g/mol. The first-order valence-corrected chi connectivity index (χ1v) is 13.3. The quantitative estimate of drug-likeness (QED) is 0.594. The predicted octanol–water partition coefficient (Wildman–Crippen LogP) is 2.77. The van der Waals surface area contributed by atoms with Gasteiger partial charge in [0.25, 0.3) is 11.8 Å². The van der Waals surface area contributed by atoms with Crippen molar-refractivity contribution in [2.75, 3.05) is 29.6 Å². The lowest BCUT2D eigenvalue weighted by Gasteiger charge is -2.13. The lowest BCUT2D eigenvalue weighted by Crippen LogP contribution is -2.27. The number of rotatable bonds is 6. The van der Waals surface area contributed by atoms with E-state index in [9.17, 15) is 22.8 Å². The maximum atomic E-state index is 13.0. The van der Waals surface area contributed by atoms with Gasteiger partial charge in [-0.2, -0.15) is 0 Å². The van der Waals surface area contributed by atoms with Crippen LogP contribution in [0.15, 0.2) is 24.3 Å². The highest BCUT2D eigenvalue weighted by molar-refractivity contribution is 7.90. The predicted molar refractivity (Wildman–Crippen MR) is 123 cm³/mol. The fourth-order valence-corrected chi connectivity index (χ4v) is 6.88. The number of ether oxygens (including phenoxy) is 2. The Kier molecular flexibility index (Phi) is 6.82. The minimum atomic E-state index is -3.25. The van der Waals surface area contributed by atoms with E-state index >= 15 is 0 Å². The maximum Gasteiger partial charge on any atom is 0.341 e. The topological polar surface area (TPSA) is 128 Å². The van der Waals surface area contributed by atoms with Crippen molar-refractivity contribution in [1.82, 2.24) is 0 Å². The van der Waals surface area contributed by atoms with Crippen molar-refractivity contribution in [2.45, 2.75) is 38.0 Å². The van der Waals surface area contributed by atoms with Crippen LogP contribution in [0.2, 0.25) is 0 Å². The van der Waals surface area contributed by atoms with Crippen LogP contribution in [0.4, 0.5) is 10.7 Å². The average Bonchev–Trinajstić information content (AvgIpc) is 3.41. The van der Waals surface area contributed by atoms with Crippen LogP contribution in [0.5, 0.6) is 0 Å². The molecule has 1 atom stereocenters. The van der Waals surface area contributed by atoms with Crippen molar-refractivity contribution in [3.8, 4) is 0 Å². The van der Waals surface area contributed by atoms with Crippen molar-refractivity contribution >= 4 is 49.6 Å². The number of hydrogen-bond acceptors (Lipinski definition) is 8. The Hall–Kier alpha value is -2.76. The van der Waals surface area contributed by atoms with Crippen molar-refractivity contribution in [1.29, 1.82) is 0 Å². The van der Waals surface area contributed by atoms with Gasteiger partial charge in [0.1, 0.15) is 11.1 Å². The van der Waals surface area contributed by atoms with Crippen LogP contribution in [0.25, 0.3) is 0 Å². The van der Waals surface area contributed by atoms with E-state index in [1.165, 1.54) is 6.07 Å². The molecule has 0 spiro atoms. The third-order valence-corrected chi connectivity index (χ3v) is 8.31. The first kappa shape index (κ1) is 23.4. The van der Waals surface area contributed by atoms with E-state index in [0.29, 0.717) is 29.2 Å². The Bertz CT molecular complexity index is 1200. The third kappa shape index (κ3) is 5.26. The molecule has 2 amide bonds. The molecule has 11 heteroatoms. The zero-order valence-corrected chi connectivity index (χ0v) is 19.6. The summed E-state index contributed by atoms with van der Waals surface area (Å²) >= 11 is 1.07. The Morgan fingerprint density at radius 1 is 1.24 bits per heavy atom. The summed E-state index contributed by atoms with van der Waals surface area (Å²) in [6, 6.07) is 6.42. The number of thiophene rings is 1. The van der Waals surface area contributed by atoms with Crippen molar-refractivity contribution in [3.63, 3.8) is 0 Å². The SMILES string of the molecule is CCOC(=O)c1c(NC(=O)c2cccc(NC(=O)C3CCCO3)c2)sc2c1CCS(=O)(=O)C2. The molecular formula is C22H24N2O7S2. The number of nitrogens with one attached hydrogen (secondary N) is 2. The van der Waals surface area contributed by atoms with Crippen LogP contribution in [0.1, 0.15) is 50.9 Å². The van der Waals surface area contributed by atoms with Crippen molar-refractivity contribution < 1.29 is 32.3 Å². The molecule has 1 aromatic heterocycles. The maximum absolute atomic E-state index is 13.0. The molecule has 0 bridgehead atoms. The van der Waals surface area contributed by atoms with Crippen LogP contribution in [0.3, 0.4) is 0 Å². The highest BCUT2D eigenvalue weighted by Gasteiger charge is 2.32. The summed E-state index contributed by atoms with van der Waals surface area (Å²) in [5, 5.41) is 5.75. The van der Waals surface area contributed by atoms with Gasteiger partial charge in [-0.15, -0.1) is 11.3 Å². The summed E-state index contributed by atoms with van der Waals surface area (Å²) in [6.45, 7) is 2.38. The molecule has 1 unspecified atom stereocenters. The second-order valence-corrected chi connectivity index (χ2v) is 11.1.